The van der Waals surface area contributed by atoms with Gasteiger partial charge in [-0.2, -0.15) is 0 Å². The minimum absolute atomic E-state index is 0.118. The van der Waals surface area contributed by atoms with Crippen molar-refractivity contribution in [2.75, 3.05) is 0 Å². The van der Waals surface area contributed by atoms with Crippen molar-refractivity contribution in [2.45, 2.75) is 56.0 Å². The maximum Gasteiger partial charge on any atom is 0.335 e. The summed E-state index contributed by atoms with van der Waals surface area (Å²) in [4.78, 5) is 11.5. The highest BCUT2D eigenvalue weighted by atomic mass is 16.4. The molecule has 0 spiro atoms. The Labute approximate surface area is 166 Å². The summed E-state index contributed by atoms with van der Waals surface area (Å²) in [5, 5.41) is 20.3. The summed E-state index contributed by atoms with van der Waals surface area (Å²) in [6.45, 7) is 0. The molecule has 0 aromatic heterocycles. The molecular formula is C25H26O3. The van der Waals surface area contributed by atoms with Crippen LogP contribution in [0.15, 0.2) is 48.5 Å². The number of carboxylic acid groups (broad SMARTS) is 1. The number of aromatic carboxylic acids is 1. The van der Waals surface area contributed by atoms with E-state index >= 15 is 0 Å². The van der Waals surface area contributed by atoms with Gasteiger partial charge < -0.3 is 10.2 Å². The first-order valence-corrected chi connectivity index (χ1v) is 10.1. The molecule has 4 rings (SSSR count). The van der Waals surface area contributed by atoms with Crippen LogP contribution in [0.3, 0.4) is 0 Å². The quantitative estimate of drug-likeness (QED) is 0.785. The molecule has 0 heterocycles. The second-order valence-electron chi connectivity index (χ2n) is 8.46. The van der Waals surface area contributed by atoms with E-state index in [1.807, 2.05) is 18.2 Å². The van der Waals surface area contributed by atoms with Crippen LogP contribution in [0.4, 0.5) is 0 Å². The molecule has 0 amide bonds. The number of hydrogen-bond donors (Lipinski definition) is 2. The van der Waals surface area contributed by atoms with Gasteiger partial charge in [-0.25, -0.2) is 4.79 Å². The zero-order valence-electron chi connectivity index (χ0n) is 16.0. The van der Waals surface area contributed by atoms with Crippen molar-refractivity contribution in [2.24, 2.45) is 5.92 Å². The van der Waals surface area contributed by atoms with Gasteiger partial charge in [0, 0.05) is 5.41 Å². The number of carbonyl (C=O) groups is 1. The summed E-state index contributed by atoms with van der Waals surface area (Å²) in [5.41, 5.74) is 2.87. The number of aliphatic hydroxyl groups is 1. The van der Waals surface area contributed by atoms with Gasteiger partial charge in [-0.15, -0.1) is 6.42 Å². The van der Waals surface area contributed by atoms with E-state index in [9.17, 15) is 15.0 Å². The third-order valence-corrected chi connectivity index (χ3v) is 6.87. The van der Waals surface area contributed by atoms with Crippen LogP contribution in [0.5, 0.6) is 0 Å². The van der Waals surface area contributed by atoms with Crippen molar-refractivity contribution in [1.29, 1.82) is 0 Å². The summed E-state index contributed by atoms with van der Waals surface area (Å²) in [5.74, 6) is 2.03. The van der Waals surface area contributed by atoms with Gasteiger partial charge in [0.2, 0.25) is 0 Å². The second kappa shape index (κ2) is 7.11. The molecule has 2 aliphatic carbocycles. The Balaban J connectivity index is 1.84. The number of hydrogen-bond acceptors (Lipinski definition) is 2. The van der Waals surface area contributed by atoms with E-state index in [4.69, 9.17) is 6.42 Å². The van der Waals surface area contributed by atoms with Gasteiger partial charge in [-0.3, -0.25) is 0 Å². The lowest BCUT2D eigenvalue weighted by molar-refractivity contribution is -0.00344. The van der Waals surface area contributed by atoms with Crippen LogP contribution in [0.25, 0.3) is 0 Å². The smallest absolute Gasteiger partial charge is 0.335 e. The molecule has 0 unspecified atom stereocenters. The van der Waals surface area contributed by atoms with Gasteiger partial charge in [0.1, 0.15) is 5.60 Å². The number of fused-ring (bicyclic) bond motifs is 3. The number of rotatable bonds is 3. The highest BCUT2D eigenvalue weighted by Crippen LogP contribution is 2.53. The van der Waals surface area contributed by atoms with Gasteiger partial charge in [0.25, 0.3) is 0 Å². The predicted octanol–water partition coefficient (Wildman–Crippen LogP) is 4.37. The molecule has 2 aliphatic rings. The lowest BCUT2D eigenvalue weighted by Gasteiger charge is -2.49. The lowest BCUT2D eigenvalue weighted by Crippen LogP contribution is -2.48. The number of terminal acetylenes is 1. The van der Waals surface area contributed by atoms with E-state index in [0.717, 1.165) is 37.7 Å². The first-order chi connectivity index (χ1) is 13.5. The van der Waals surface area contributed by atoms with Crippen LogP contribution in [-0.4, -0.2) is 21.8 Å². The molecule has 1 fully saturated rings. The summed E-state index contributed by atoms with van der Waals surface area (Å²) in [6.07, 6.45) is 11.4. The van der Waals surface area contributed by atoms with Crippen molar-refractivity contribution in [3.63, 3.8) is 0 Å². The Bertz CT molecular complexity index is 927. The molecule has 2 aromatic rings. The van der Waals surface area contributed by atoms with E-state index in [1.54, 1.807) is 6.07 Å². The predicted molar refractivity (Wildman–Crippen MR) is 109 cm³/mol. The highest BCUT2D eigenvalue weighted by molar-refractivity contribution is 5.88. The average Bonchev–Trinajstić information content (AvgIpc) is 2.85. The molecule has 2 N–H and O–H groups in total. The van der Waals surface area contributed by atoms with E-state index in [0.29, 0.717) is 18.4 Å². The summed E-state index contributed by atoms with van der Waals surface area (Å²) in [7, 11) is 0. The van der Waals surface area contributed by atoms with Crippen molar-refractivity contribution in [3.8, 4) is 12.3 Å². The summed E-state index contributed by atoms with van der Waals surface area (Å²) in [6, 6.07) is 16.1. The molecule has 0 bridgehead atoms. The fraction of sp³-hybridized carbons (Fsp3) is 0.400. The van der Waals surface area contributed by atoms with E-state index in [1.165, 1.54) is 11.1 Å². The van der Waals surface area contributed by atoms with E-state index in [2.05, 4.69) is 30.2 Å². The highest BCUT2D eigenvalue weighted by Gasteiger charge is 2.50. The molecule has 2 aromatic carbocycles. The van der Waals surface area contributed by atoms with Gasteiger partial charge in [0.05, 0.1) is 5.56 Å². The fourth-order valence-electron chi connectivity index (χ4n) is 5.45. The Morgan fingerprint density at radius 3 is 2.68 bits per heavy atom. The first-order valence-electron chi connectivity index (χ1n) is 10.1. The molecule has 0 saturated heterocycles. The average molecular weight is 374 g/mol. The second-order valence-corrected chi connectivity index (χ2v) is 8.46. The van der Waals surface area contributed by atoms with E-state index in [-0.39, 0.29) is 11.3 Å². The van der Waals surface area contributed by atoms with Gasteiger partial charge in [-0.1, -0.05) is 42.3 Å². The minimum Gasteiger partial charge on any atom is -0.478 e. The zero-order chi connectivity index (χ0) is 19.8. The van der Waals surface area contributed by atoms with E-state index < -0.39 is 11.6 Å². The number of benzene rings is 2. The third kappa shape index (κ3) is 3.23. The molecule has 0 radical (unpaired) electrons. The topological polar surface area (TPSA) is 57.5 Å². The van der Waals surface area contributed by atoms with Crippen molar-refractivity contribution >= 4 is 5.97 Å². The standard InChI is InChI=1S/C25H26O3/c1-2-24(28)13-14-25(16-18-7-4-3-5-8-18)21(17-24)10-6-9-19-15-20(23(26)27)11-12-22(19)25/h1,3-5,7-8,11-12,15,21,28H,6,9-10,13-14,16-17H2,(H,26,27)/t21-,24-,25-/m0/s1. The van der Waals surface area contributed by atoms with Gasteiger partial charge in [-0.05, 0) is 79.7 Å². The Kier molecular flexibility index (Phi) is 4.77. The minimum atomic E-state index is -1.03. The zero-order valence-corrected chi connectivity index (χ0v) is 16.0. The molecule has 28 heavy (non-hydrogen) atoms. The number of aryl methyl sites for hydroxylation is 1. The van der Waals surface area contributed by atoms with Crippen molar-refractivity contribution in [1.82, 2.24) is 0 Å². The SMILES string of the molecule is C#C[C@]1(O)CC[C@@]2(Cc3ccccc3)c3ccc(C(=O)O)cc3CCC[C@H]2C1. The van der Waals surface area contributed by atoms with Crippen LogP contribution in [0.2, 0.25) is 0 Å². The third-order valence-electron chi connectivity index (χ3n) is 6.87. The lowest BCUT2D eigenvalue weighted by atomic mass is 9.56. The van der Waals surface area contributed by atoms with Crippen LogP contribution in [0, 0.1) is 18.3 Å². The molecule has 0 aliphatic heterocycles. The Morgan fingerprint density at radius 1 is 1.18 bits per heavy atom. The largest absolute Gasteiger partial charge is 0.478 e. The molecule has 144 valence electrons. The Hall–Kier alpha value is -2.57. The number of carboxylic acids is 1. The van der Waals surface area contributed by atoms with Gasteiger partial charge >= 0.3 is 5.97 Å². The normalized spacial score (nSPS) is 29.1. The summed E-state index contributed by atoms with van der Waals surface area (Å²) < 4.78 is 0. The maximum absolute atomic E-state index is 11.5. The molecular weight excluding hydrogens is 348 g/mol. The monoisotopic (exact) mass is 374 g/mol. The molecule has 1 saturated carbocycles. The van der Waals surface area contributed by atoms with Crippen LogP contribution < -0.4 is 0 Å². The van der Waals surface area contributed by atoms with Crippen molar-refractivity contribution in [3.05, 3.63) is 70.8 Å². The van der Waals surface area contributed by atoms with Crippen LogP contribution in [0.1, 0.15) is 59.2 Å². The van der Waals surface area contributed by atoms with Gasteiger partial charge in [0.15, 0.2) is 0 Å². The Morgan fingerprint density at radius 2 is 1.96 bits per heavy atom. The molecule has 3 heteroatoms. The van der Waals surface area contributed by atoms with Crippen LogP contribution in [-0.2, 0) is 18.3 Å². The fourth-order valence-corrected chi connectivity index (χ4v) is 5.45. The maximum atomic E-state index is 11.5. The van der Waals surface area contributed by atoms with Crippen molar-refractivity contribution < 1.29 is 15.0 Å². The molecule has 3 atom stereocenters. The van der Waals surface area contributed by atoms with Crippen LogP contribution >= 0.6 is 0 Å². The first kappa shape index (κ1) is 18.8. The summed E-state index contributed by atoms with van der Waals surface area (Å²) >= 11 is 0. The molecule has 3 nitrogen and oxygen atoms in total.